The predicted molar refractivity (Wildman–Crippen MR) is 69.1 cm³/mol. The van der Waals surface area contributed by atoms with Crippen LogP contribution in [0.1, 0.15) is 17.0 Å². The maximum atomic E-state index is 5.13. The van der Waals surface area contributed by atoms with Crippen LogP contribution < -0.4 is 0 Å². The van der Waals surface area contributed by atoms with E-state index < -0.39 is 0 Å². The Morgan fingerprint density at radius 1 is 1.19 bits per heavy atom. The second-order valence-electron chi connectivity index (χ2n) is 3.97. The van der Waals surface area contributed by atoms with Gasteiger partial charge in [-0.25, -0.2) is 4.98 Å². The van der Waals surface area contributed by atoms with Gasteiger partial charge in [0.15, 0.2) is 0 Å². The highest BCUT2D eigenvalue weighted by molar-refractivity contribution is 7.71. The van der Waals surface area contributed by atoms with Crippen LogP contribution in [0.2, 0.25) is 0 Å². The van der Waals surface area contributed by atoms with Crippen molar-refractivity contribution in [3.8, 4) is 11.3 Å². The average Bonchev–Trinajstić information content (AvgIpc) is 2.20. The summed E-state index contributed by atoms with van der Waals surface area (Å²) < 4.78 is 0.632. The van der Waals surface area contributed by atoms with Gasteiger partial charge in [-0.2, -0.15) is 0 Å². The molecule has 2 aromatic rings. The lowest BCUT2D eigenvalue weighted by molar-refractivity contribution is 1.04. The van der Waals surface area contributed by atoms with Crippen molar-refractivity contribution in [2.24, 2.45) is 0 Å². The summed E-state index contributed by atoms with van der Waals surface area (Å²) in [7, 11) is 0. The van der Waals surface area contributed by atoms with Gasteiger partial charge in [-0.1, -0.05) is 30.4 Å². The number of hydrogen-bond donors (Lipinski definition) is 1. The zero-order chi connectivity index (χ0) is 11.7. The molecular formula is C13H14N2S. The first-order valence-electron chi connectivity index (χ1n) is 5.22. The lowest BCUT2D eigenvalue weighted by atomic mass is 10.0. The quantitative estimate of drug-likeness (QED) is 0.756. The van der Waals surface area contributed by atoms with Gasteiger partial charge < -0.3 is 4.98 Å². The Balaban J connectivity index is 2.67. The fraction of sp³-hybridized carbons (Fsp3) is 0.231. The molecule has 0 amide bonds. The smallest absolute Gasteiger partial charge is 0.130 e. The molecule has 0 fully saturated rings. The molecule has 0 aliphatic carbocycles. The van der Waals surface area contributed by atoms with Crippen LogP contribution in [0, 0.1) is 25.4 Å². The number of rotatable bonds is 1. The number of aromatic amines is 1. The van der Waals surface area contributed by atoms with Crippen LogP contribution in [-0.2, 0) is 0 Å². The zero-order valence-corrected chi connectivity index (χ0v) is 10.5. The largest absolute Gasteiger partial charge is 0.343 e. The van der Waals surface area contributed by atoms with Gasteiger partial charge >= 0.3 is 0 Å². The minimum Gasteiger partial charge on any atom is -0.343 e. The van der Waals surface area contributed by atoms with Crippen LogP contribution in [-0.4, -0.2) is 9.97 Å². The van der Waals surface area contributed by atoms with Gasteiger partial charge in [0.25, 0.3) is 0 Å². The first-order chi connectivity index (χ1) is 7.58. The molecule has 0 aliphatic heterocycles. The number of nitrogens with zero attached hydrogens (tertiary/aromatic N) is 1. The normalized spacial score (nSPS) is 10.4. The predicted octanol–water partition coefficient (Wildman–Crippen LogP) is 3.73. The summed E-state index contributed by atoms with van der Waals surface area (Å²) >= 11 is 5.13. The van der Waals surface area contributed by atoms with Crippen molar-refractivity contribution in [2.75, 3.05) is 0 Å². The van der Waals surface area contributed by atoms with E-state index in [2.05, 4.69) is 42.0 Å². The van der Waals surface area contributed by atoms with E-state index in [1.165, 1.54) is 16.7 Å². The van der Waals surface area contributed by atoms with Crippen molar-refractivity contribution >= 4 is 12.2 Å². The Morgan fingerprint density at radius 2 is 1.94 bits per heavy atom. The topological polar surface area (TPSA) is 28.7 Å². The number of aryl methyl sites for hydroxylation is 2. The van der Waals surface area contributed by atoms with Crippen molar-refractivity contribution < 1.29 is 0 Å². The molecule has 1 heterocycles. The molecule has 1 aromatic carbocycles. The number of nitrogens with one attached hydrogen (secondary N) is 1. The maximum absolute atomic E-state index is 5.13. The highest BCUT2D eigenvalue weighted by Crippen LogP contribution is 2.23. The summed E-state index contributed by atoms with van der Waals surface area (Å²) in [4.78, 5) is 7.43. The van der Waals surface area contributed by atoms with E-state index in [0.29, 0.717) is 4.64 Å². The lowest BCUT2D eigenvalue weighted by Crippen LogP contribution is -1.94. The molecule has 1 aromatic heterocycles. The van der Waals surface area contributed by atoms with Gasteiger partial charge in [-0.3, -0.25) is 0 Å². The third kappa shape index (κ3) is 2.04. The monoisotopic (exact) mass is 230 g/mol. The molecule has 0 saturated carbocycles. The molecule has 0 aliphatic rings. The summed E-state index contributed by atoms with van der Waals surface area (Å²) in [5.41, 5.74) is 4.79. The van der Waals surface area contributed by atoms with Crippen LogP contribution in [0.15, 0.2) is 24.3 Å². The molecule has 0 unspecified atom stereocenters. The van der Waals surface area contributed by atoms with Gasteiger partial charge in [0.1, 0.15) is 10.5 Å². The van der Waals surface area contributed by atoms with Crippen molar-refractivity contribution in [3.05, 3.63) is 45.9 Å². The minimum atomic E-state index is 0.632. The van der Waals surface area contributed by atoms with Crippen molar-refractivity contribution in [3.63, 3.8) is 0 Å². The average molecular weight is 230 g/mol. The van der Waals surface area contributed by atoms with Gasteiger partial charge in [-0.15, -0.1) is 0 Å². The van der Waals surface area contributed by atoms with E-state index in [1.807, 2.05) is 13.0 Å². The molecule has 82 valence electrons. The third-order valence-corrected chi connectivity index (χ3v) is 2.97. The number of benzene rings is 1. The van der Waals surface area contributed by atoms with Crippen LogP contribution in [0.5, 0.6) is 0 Å². The van der Waals surface area contributed by atoms with E-state index in [1.54, 1.807) is 0 Å². The number of aromatic nitrogens is 2. The Kier molecular flexibility index (Phi) is 2.88. The van der Waals surface area contributed by atoms with Crippen molar-refractivity contribution in [1.29, 1.82) is 0 Å². The number of hydrogen-bond acceptors (Lipinski definition) is 2. The summed E-state index contributed by atoms with van der Waals surface area (Å²) in [6.07, 6.45) is 0. The van der Waals surface area contributed by atoms with E-state index in [-0.39, 0.29) is 0 Å². The third-order valence-electron chi connectivity index (χ3n) is 2.76. The van der Waals surface area contributed by atoms with E-state index in [9.17, 15) is 0 Å². The second-order valence-corrected chi connectivity index (χ2v) is 4.38. The molecule has 0 atom stereocenters. The molecule has 16 heavy (non-hydrogen) atoms. The summed E-state index contributed by atoms with van der Waals surface area (Å²) in [6.45, 7) is 6.16. The first kappa shape index (κ1) is 11.0. The van der Waals surface area contributed by atoms with Crippen LogP contribution in [0.25, 0.3) is 11.3 Å². The minimum absolute atomic E-state index is 0.632. The molecule has 0 saturated heterocycles. The van der Waals surface area contributed by atoms with Gasteiger partial charge in [0.05, 0.1) is 0 Å². The standard InChI is InChI=1S/C13H14N2S/c1-8-5-4-6-11(9(8)2)12-7-13(16)15-10(3)14-12/h4-7H,1-3H3,(H,14,15,16). The lowest BCUT2D eigenvalue weighted by Gasteiger charge is -2.09. The molecule has 0 radical (unpaired) electrons. The van der Waals surface area contributed by atoms with Gasteiger partial charge in [0, 0.05) is 11.3 Å². The number of H-pyrrole nitrogens is 1. The van der Waals surface area contributed by atoms with Crippen LogP contribution in [0.4, 0.5) is 0 Å². The molecule has 1 N–H and O–H groups in total. The SMILES string of the molecule is Cc1nc(=S)cc(-c2cccc(C)c2C)[nH]1. The van der Waals surface area contributed by atoms with Gasteiger partial charge in [-0.05, 0) is 38.0 Å². The molecule has 2 rings (SSSR count). The fourth-order valence-electron chi connectivity index (χ4n) is 1.77. The summed E-state index contributed by atoms with van der Waals surface area (Å²) in [5, 5.41) is 0. The van der Waals surface area contributed by atoms with E-state index >= 15 is 0 Å². The Hall–Kier alpha value is -1.48. The summed E-state index contributed by atoms with van der Waals surface area (Å²) in [6, 6.07) is 8.18. The highest BCUT2D eigenvalue weighted by Gasteiger charge is 2.04. The Morgan fingerprint density at radius 3 is 2.62 bits per heavy atom. The van der Waals surface area contributed by atoms with Crippen molar-refractivity contribution in [1.82, 2.24) is 9.97 Å². The molecule has 0 bridgehead atoms. The molecular weight excluding hydrogens is 216 g/mol. The molecule has 3 heteroatoms. The Labute approximate surface area is 100 Å². The summed E-state index contributed by atoms with van der Waals surface area (Å²) in [5.74, 6) is 0.850. The first-order valence-corrected chi connectivity index (χ1v) is 5.63. The van der Waals surface area contributed by atoms with Crippen molar-refractivity contribution in [2.45, 2.75) is 20.8 Å². The zero-order valence-electron chi connectivity index (χ0n) is 9.66. The van der Waals surface area contributed by atoms with Gasteiger partial charge in [0.2, 0.25) is 0 Å². The molecule has 0 spiro atoms. The fourth-order valence-corrected chi connectivity index (χ4v) is 2.02. The van der Waals surface area contributed by atoms with E-state index in [0.717, 1.165) is 11.5 Å². The molecule has 2 nitrogen and oxygen atoms in total. The van der Waals surface area contributed by atoms with Crippen LogP contribution >= 0.6 is 12.2 Å². The highest BCUT2D eigenvalue weighted by atomic mass is 32.1. The maximum Gasteiger partial charge on any atom is 0.130 e. The van der Waals surface area contributed by atoms with Crippen LogP contribution in [0.3, 0.4) is 0 Å². The Bertz CT molecular complexity index is 585. The van der Waals surface area contributed by atoms with E-state index in [4.69, 9.17) is 12.2 Å². The second kappa shape index (κ2) is 4.18.